The van der Waals surface area contributed by atoms with Gasteiger partial charge in [-0.2, -0.15) is 0 Å². The van der Waals surface area contributed by atoms with Gasteiger partial charge in [-0.3, -0.25) is 4.79 Å². The number of nitrogens with zero attached hydrogens (tertiary/aromatic N) is 2. The lowest BCUT2D eigenvalue weighted by atomic mass is 9.79. The number of benzene rings is 1. The molecule has 4 aliphatic rings. The summed E-state index contributed by atoms with van der Waals surface area (Å²) in [7, 11) is 0. The van der Waals surface area contributed by atoms with Crippen LogP contribution in [0.5, 0.6) is 11.5 Å². The highest BCUT2D eigenvalue weighted by Crippen LogP contribution is 2.66. The van der Waals surface area contributed by atoms with E-state index in [-0.39, 0.29) is 12.7 Å². The summed E-state index contributed by atoms with van der Waals surface area (Å²) in [5.74, 6) is 2.96. The van der Waals surface area contributed by atoms with E-state index in [2.05, 4.69) is 5.16 Å². The molecular weight excluding hydrogens is 332 g/mol. The van der Waals surface area contributed by atoms with Gasteiger partial charge in [-0.1, -0.05) is 11.6 Å². The van der Waals surface area contributed by atoms with E-state index in [9.17, 15) is 4.79 Å². The van der Waals surface area contributed by atoms with Crippen molar-refractivity contribution in [2.45, 2.75) is 38.6 Å². The first kappa shape index (κ1) is 14.6. The van der Waals surface area contributed by atoms with Crippen LogP contribution in [0.2, 0.25) is 0 Å². The standard InChI is InChI=1S/C20H20N2O4/c23-19(14-9-20(14)5-1-6-20)22-7-4-15-13(10-22)18(21-26-15)12-2-3-16-17(8-12)25-11-24-16/h2-3,8,14H,1,4-7,9-11H2/t14-/m0/s1. The Morgan fingerprint density at radius 2 is 2.12 bits per heavy atom. The van der Waals surface area contributed by atoms with Crippen LogP contribution in [-0.4, -0.2) is 29.3 Å². The monoisotopic (exact) mass is 352 g/mol. The van der Waals surface area contributed by atoms with E-state index < -0.39 is 0 Å². The van der Waals surface area contributed by atoms with Crippen molar-refractivity contribution in [1.29, 1.82) is 0 Å². The van der Waals surface area contributed by atoms with E-state index in [1.165, 1.54) is 19.3 Å². The number of hydrogen-bond donors (Lipinski definition) is 0. The number of rotatable bonds is 2. The summed E-state index contributed by atoms with van der Waals surface area (Å²) in [6.45, 7) is 1.57. The van der Waals surface area contributed by atoms with Gasteiger partial charge in [-0.25, -0.2) is 0 Å². The molecule has 6 nitrogen and oxygen atoms in total. The molecule has 1 spiro atoms. The normalized spacial score (nSPS) is 24.3. The van der Waals surface area contributed by atoms with Crippen LogP contribution in [0.15, 0.2) is 22.7 Å². The zero-order valence-electron chi connectivity index (χ0n) is 14.5. The zero-order chi connectivity index (χ0) is 17.3. The number of carbonyl (C=O) groups excluding carboxylic acids is 1. The Kier molecular flexibility index (Phi) is 2.83. The summed E-state index contributed by atoms with van der Waals surface area (Å²) in [6, 6.07) is 5.80. The smallest absolute Gasteiger partial charge is 0.231 e. The summed E-state index contributed by atoms with van der Waals surface area (Å²) in [6.07, 6.45) is 5.58. The molecule has 1 amide bonds. The maximum absolute atomic E-state index is 12.9. The van der Waals surface area contributed by atoms with Crippen molar-refractivity contribution in [1.82, 2.24) is 10.1 Å². The second kappa shape index (κ2) is 5.02. The Balaban J connectivity index is 1.28. The number of fused-ring (bicyclic) bond motifs is 2. The predicted molar refractivity (Wildman–Crippen MR) is 91.6 cm³/mol. The lowest BCUT2D eigenvalue weighted by molar-refractivity contribution is -0.135. The first-order valence-electron chi connectivity index (χ1n) is 9.40. The van der Waals surface area contributed by atoms with Crippen molar-refractivity contribution in [3.8, 4) is 22.8 Å². The van der Waals surface area contributed by atoms with Crippen molar-refractivity contribution < 1.29 is 18.8 Å². The Bertz CT molecular complexity index is 915. The summed E-state index contributed by atoms with van der Waals surface area (Å²) in [5, 5.41) is 4.29. The summed E-state index contributed by atoms with van der Waals surface area (Å²) >= 11 is 0. The van der Waals surface area contributed by atoms with Crippen LogP contribution >= 0.6 is 0 Å². The molecule has 6 rings (SSSR count). The van der Waals surface area contributed by atoms with Gasteiger partial charge >= 0.3 is 0 Å². The van der Waals surface area contributed by atoms with Crippen LogP contribution in [0, 0.1) is 11.3 Å². The van der Waals surface area contributed by atoms with Crippen LogP contribution in [0.1, 0.15) is 37.0 Å². The molecule has 134 valence electrons. The molecule has 0 saturated heterocycles. The van der Waals surface area contributed by atoms with Gasteiger partial charge in [-0.05, 0) is 42.9 Å². The molecule has 2 aromatic rings. The molecule has 1 aromatic carbocycles. The van der Waals surface area contributed by atoms with E-state index in [1.54, 1.807) is 0 Å². The van der Waals surface area contributed by atoms with Gasteiger partial charge in [0.25, 0.3) is 0 Å². The van der Waals surface area contributed by atoms with Crippen LogP contribution in [-0.2, 0) is 17.8 Å². The third kappa shape index (κ3) is 1.98. The van der Waals surface area contributed by atoms with E-state index >= 15 is 0 Å². The summed E-state index contributed by atoms with van der Waals surface area (Å²) < 4.78 is 16.4. The van der Waals surface area contributed by atoms with Crippen LogP contribution in [0.3, 0.4) is 0 Å². The van der Waals surface area contributed by atoms with Gasteiger partial charge in [0.15, 0.2) is 11.5 Å². The van der Waals surface area contributed by atoms with Crippen molar-refractivity contribution in [3.63, 3.8) is 0 Å². The van der Waals surface area contributed by atoms with Crippen LogP contribution in [0.4, 0.5) is 0 Å². The van der Waals surface area contributed by atoms with E-state index in [0.29, 0.717) is 17.9 Å². The molecule has 2 saturated carbocycles. The van der Waals surface area contributed by atoms with Gasteiger partial charge in [0.2, 0.25) is 12.7 Å². The molecular formula is C20H20N2O4. The lowest BCUT2D eigenvalue weighted by Gasteiger charge is -2.30. The number of hydrogen-bond acceptors (Lipinski definition) is 5. The Morgan fingerprint density at radius 3 is 2.92 bits per heavy atom. The van der Waals surface area contributed by atoms with Gasteiger partial charge < -0.3 is 18.9 Å². The van der Waals surface area contributed by atoms with Gasteiger partial charge in [0, 0.05) is 30.0 Å². The quantitative estimate of drug-likeness (QED) is 0.831. The average Bonchev–Trinajstić information content (AvgIpc) is 3.02. The second-order valence-corrected chi connectivity index (χ2v) is 7.98. The van der Waals surface area contributed by atoms with Crippen molar-refractivity contribution in [3.05, 3.63) is 29.5 Å². The molecule has 2 aliphatic carbocycles. The minimum Gasteiger partial charge on any atom is -0.454 e. The first-order valence-corrected chi connectivity index (χ1v) is 9.40. The molecule has 1 aromatic heterocycles. The second-order valence-electron chi connectivity index (χ2n) is 7.98. The molecule has 0 N–H and O–H groups in total. The summed E-state index contributed by atoms with van der Waals surface area (Å²) in [5.41, 5.74) is 3.15. The van der Waals surface area contributed by atoms with Gasteiger partial charge in [0.05, 0.1) is 6.54 Å². The molecule has 0 unspecified atom stereocenters. The van der Waals surface area contributed by atoms with Crippen LogP contribution in [0.25, 0.3) is 11.3 Å². The van der Waals surface area contributed by atoms with Crippen molar-refractivity contribution in [2.24, 2.45) is 11.3 Å². The Morgan fingerprint density at radius 1 is 1.23 bits per heavy atom. The average molecular weight is 352 g/mol. The fourth-order valence-corrected chi connectivity index (χ4v) is 4.77. The number of aromatic nitrogens is 1. The topological polar surface area (TPSA) is 64.8 Å². The van der Waals surface area contributed by atoms with Crippen molar-refractivity contribution >= 4 is 5.91 Å². The molecule has 1 atom stereocenters. The number of carbonyl (C=O) groups is 1. The van der Waals surface area contributed by atoms with Gasteiger partial charge in [-0.15, -0.1) is 0 Å². The minimum atomic E-state index is 0.251. The highest BCUT2D eigenvalue weighted by Gasteiger charge is 2.61. The Labute approximate surface area is 151 Å². The number of amides is 1. The predicted octanol–water partition coefficient (Wildman–Crippen LogP) is 3.15. The maximum Gasteiger partial charge on any atom is 0.231 e. The zero-order valence-corrected chi connectivity index (χ0v) is 14.5. The van der Waals surface area contributed by atoms with E-state index in [4.69, 9.17) is 14.0 Å². The molecule has 26 heavy (non-hydrogen) atoms. The fourth-order valence-electron chi connectivity index (χ4n) is 4.77. The fraction of sp³-hybridized carbons (Fsp3) is 0.500. The Hall–Kier alpha value is -2.50. The molecule has 2 fully saturated rings. The molecule has 0 radical (unpaired) electrons. The minimum absolute atomic E-state index is 0.251. The molecule has 3 heterocycles. The maximum atomic E-state index is 12.9. The molecule has 0 bridgehead atoms. The largest absolute Gasteiger partial charge is 0.454 e. The van der Waals surface area contributed by atoms with Crippen LogP contribution < -0.4 is 9.47 Å². The highest BCUT2D eigenvalue weighted by atomic mass is 16.7. The van der Waals surface area contributed by atoms with Crippen molar-refractivity contribution in [2.75, 3.05) is 13.3 Å². The van der Waals surface area contributed by atoms with Gasteiger partial charge in [0.1, 0.15) is 11.5 Å². The molecule has 6 heteroatoms. The SMILES string of the molecule is O=C([C@@H]1CC12CCC2)N1CCc2onc(-c3ccc4c(c3)OCO4)c2C1. The van der Waals surface area contributed by atoms with E-state index in [0.717, 1.165) is 53.5 Å². The highest BCUT2D eigenvalue weighted by molar-refractivity contribution is 5.83. The number of ether oxygens (including phenoxy) is 2. The third-order valence-corrected chi connectivity index (χ3v) is 6.62. The third-order valence-electron chi connectivity index (χ3n) is 6.62. The van der Waals surface area contributed by atoms with E-state index in [1.807, 2.05) is 23.1 Å². The first-order chi connectivity index (χ1) is 12.7. The summed E-state index contributed by atoms with van der Waals surface area (Å²) in [4.78, 5) is 14.9. The lowest BCUT2D eigenvalue weighted by Crippen LogP contribution is -2.38. The molecule has 2 aliphatic heterocycles.